The summed E-state index contributed by atoms with van der Waals surface area (Å²) >= 11 is 0. The van der Waals surface area contributed by atoms with Crippen molar-refractivity contribution in [2.75, 3.05) is 7.11 Å². The molecule has 8 heteroatoms. The molecule has 0 amide bonds. The van der Waals surface area contributed by atoms with Crippen molar-refractivity contribution in [2.45, 2.75) is 45.6 Å². The average Bonchev–Trinajstić information content (AvgIpc) is 2.81. The van der Waals surface area contributed by atoms with Crippen molar-refractivity contribution in [1.29, 1.82) is 0 Å². The summed E-state index contributed by atoms with van der Waals surface area (Å²) in [6.07, 6.45) is -0.0526. The van der Waals surface area contributed by atoms with Gasteiger partial charge in [0.1, 0.15) is 28.6 Å². The molecule has 5 rings (SSSR count). The third kappa shape index (κ3) is 3.15. The number of phenolic OH excluding ortho intramolecular Hbond substituents is 1. The van der Waals surface area contributed by atoms with Gasteiger partial charge in [0.25, 0.3) is 0 Å². The fraction of sp³-hybridized carbons (Fsp3) is 0.345. The molecule has 37 heavy (non-hydrogen) atoms. The van der Waals surface area contributed by atoms with E-state index < -0.39 is 50.9 Å². The summed E-state index contributed by atoms with van der Waals surface area (Å²) in [6, 6.07) is 10.4. The Morgan fingerprint density at radius 1 is 0.973 bits per heavy atom. The molecular formula is C29H28O8. The van der Waals surface area contributed by atoms with Crippen LogP contribution in [0.15, 0.2) is 53.3 Å². The van der Waals surface area contributed by atoms with Gasteiger partial charge in [0.2, 0.25) is 5.78 Å². The Morgan fingerprint density at radius 3 is 2.22 bits per heavy atom. The van der Waals surface area contributed by atoms with E-state index in [1.54, 1.807) is 32.2 Å². The van der Waals surface area contributed by atoms with Gasteiger partial charge in [0, 0.05) is 22.8 Å². The Morgan fingerprint density at radius 2 is 1.62 bits per heavy atom. The molecule has 2 aromatic rings. The number of aromatic hydroxyl groups is 1. The Hall–Kier alpha value is -3.91. The molecule has 0 spiro atoms. The average molecular weight is 505 g/mol. The predicted octanol–water partition coefficient (Wildman–Crippen LogP) is 3.98. The third-order valence-electron chi connectivity index (χ3n) is 8.31. The van der Waals surface area contributed by atoms with E-state index in [-0.39, 0.29) is 36.1 Å². The van der Waals surface area contributed by atoms with Crippen molar-refractivity contribution in [2.24, 2.45) is 10.8 Å². The van der Waals surface area contributed by atoms with Gasteiger partial charge in [-0.2, -0.15) is 0 Å². The zero-order valence-corrected chi connectivity index (χ0v) is 21.0. The molecule has 192 valence electrons. The number of carbonyl (C=O) groups excluding carboxylic acids is 3. The molecule has 1 fully saturated rings. The minimum Gasteiger partial charge on any atom is -0.508 e. The second-order valence-electron chi connectivity index (χ2n) is 10.8. The molecule has 0 bridgehead atoms. The second-order valence-corrected chi connectivity index (χ2v) is 10.8. The second kappa shape index (κ2) is 7.79. The lowest BCUT2D eigenvalue weighted by Crippen LogP contribution is -2.65. The van der Waals surface area contributed by atoms with Gasteiger partial charge in [-0.05, 0) is 54.7 Å². The number of ether oxygens (including phenoxy) is 1. The third-order valence-corrected chi connectivity index (χ3v) is 8.31. The van der Waals surface area contributed by atoms with Crippen LogP contribution in [-0.2, 0) is 20.8 Å². The van der Waals surface area contributed by atoms with Crippen LogP contribution in [0.5, 0.6) is 11.5 Å². The molecule has 0 aromatic heterocycles. The summed E-state index contributed by atoms with van der Waals surface area (Å²) in [5.41, 5.74) is -3.57. The fourth-order valence-electron chi connectivity index (χ4n) is 6.69. The summed E-state index contributed by atoms with van der Waals surface area (Å²) in [7, 11) is 1.56. The summed E-state index contributed by atoms with van der Waals surface area (Å²) in [6.45, 7) is 4.38. The highest BCUT2D eigenvalue weighted by molar-refractivity contribution is 6.23. The first-order chi connectivity index (χ1) is 17.3. The number of allylic oxidation sites excluding steroid dienone is 1. The van der Waals surface area contributed by atoms with Gasteiger partial charge < -0.3 is 25.2 Å². The molecule has 0 saturated heterocycles. The van der Waals surface area contributed by atoms with Gasteiger partial charge in [-0.3, -0.25) is 14.4 Å². The summed E-state index contributed by atoms with van der Waals surface area (Å²) in [5, 5.41) is 44.9. The number of aliphatic hydroxyl groups excluding tert-OH is 2. The fourth-order valence-corrected chi connectivity index (χ4v) is 6.69. The number of aliphatic hydroxyl groups is 3. The Labute approximate surface area is 213 Å². The molecule has 1 saturated carbocycles. The first kappa shape index (κ1) is 24.8. The highest BCUT2D eigenvalue weighted by Crippen LogP contribution is 2.63. The van der Waals surface area contributed by atoms with Crippen LogP contribution in [0.25, 0.3) is 16.9 Å². The number of hydrogen-bond acceptors (Lipinski definition) is 8. The van der Waals surface area contributed by atoms with E-state index in [1.165, 1.54) is 13.0 Å². The van der Waals surface area contributed by atoms with E-state index >= 15 is 0 Å². The topological polar surface area (TPSA) is 141 Å². The lowest BCUT2D eigenvalue weighted by molar-refractivity contribution is -0.164. The number of ketones is 3. The van der Waals surface area contributed by atoms with Crippen molar-refractivity contribution in [3.05, 3.63) is 64.4 Å². The molecule has 8 nitrogen and oxygen atoms in total. The molecule has 3 aliphatic rings. The number of carbonyl (C=O) groups is 3. The SMILES string of the molecule is COc1ccc(-c2ccc(O)c3c2C[C@]2(C)C[C@]4(C)CC(=O)C(C(C)=O)=C(O)[C@]4(O)C(=O)C2=C3O)cc1. The molecule has 0 unspecified atom stereocenters. The predicted molar refractivity (Wildman–Crippen MR) is 134 cm³/mol. The van der Waals surface area contributed by atoms with Gasteiger partial charge in [-0.15, -0.1) is 0 Å². The van der Waals surface area contributed by atoms with E-state index in [9.17, 15) is 34.8 Å². The van der Waals surface area contributed by atoms with Crippen molar-refractivity contribution in [1.82, 2.24) is 0 Å². The first-order valence-electron chi connectivity index (χ1n) is 12.0. The molecule has 3 aliphatic carbocycles. The quantitative estimate of drug-likeness (QED) is 0.460. The van der Waals surface area contributed by atoms with E-state index in [2.05, 4.69) is 0 Å². The van der Waals surface area contributed by atoms with Gasteiger partial charge in [-0.1, -0.05) is 32.0 Å². The molecule has 0 aliphatic heterocycles. The Balaban J connectivity index is 1.76. The van der Waals surface area contributed by atoms with Gasteiger partial charge >= 0.3 is 0 Å². The van der Waals surface area contributed by atoms with Gasteiger partial charge in [0.05, 0.1) is 12.7 Å². The lowest BCUT2D eigenvalue weighted by Gasteiger charge is -2.56. The standard InChI is InChI=1S/C29H28O8/c1-14(30)21-20(32)12-28(3)13-27(2)11-18-17(15-5-7-16(37-4)8-6-15)9-10-19(31)22(18)24(33)23(27)26(35)29(28,36)25(21)34/h5-10,31,33-34,36H,11-13H2,1-4H3/t27-,28+,29+/m1/s1. The van der Waals surface area contributed by atoms with E-state index in [0.29, 0.717) is 11.3 Å². The summed E-state index contributed by atoms with van der Waals surface area (Å²) in [4.78, 5) is 39.0. The van der Waals surface area contributed by atoms with Gasteiger partial charge in [-0.25, -0.2) is 0 Å². The summed E-state index contributed by atoms with van der Waals surface area (Å²) in [5.74, 6) is -3.43. The van der Waals surface area contributed by atoms with Crippen molar-refractivity contribution < 1.29 is 39.5 Å². The number of phenols is 1. The zero-order chi connectivity index (χ0) is 27.1. The minimum atomic E-state index is -2.58. The highest BCUT2D eigenvalue weighted by atomic mass is 16.5. The van der Waals surface area contributed by atoms with E-state index in [1.807, 2.05) is 12.1 Å². The van der Waals surface area contributed by atoms with Crippen molar-refractivity contribution >= 4 is 23.1 Å². The van der Waals surface area contributed by atoms with Crippen LogP contribution in [0.2, 0.25) is 0 Å². The van der Waals surface area contributed by atoms with Gasteiger partial charge in [0.15, 0.2) is 17.2 Å². The largest absolute Gasteiger partial charge is 0.508 e. The van der Waals surface area contributed by atoms with Crippen molar-refractivity contribution in [3.63, 3.8) is 0 Å². The highest BCUT2D eigenvalue weighted by Gasteiger charge is 2.68. The minimum absolute atomic E-state index is 0.0553. The molecule has 2 aromatic carbocycles. The van der Waals surface area contributed by atoms with Crippen LogP contribution in [0, 0.1) is 10.8 Å². The maximum atomic E-state index is 14.0. The maximum absolute atomic E-state index is 14.0. The molecule has 0 radical (unpaired) electrons. The number of hydrogen-bond donors (Lipinski definition) is 4. The van der Waals surface area contributed by atoms with Crippen LogP contribution < -0.4 is 4.74 Å². The lowest BCUT2D eigenvalue weighted by atomic mass is 9.47. The number of rotatable bonds is 3. The normalized spacial score (nSPS) is 29.0. The molecule has 0 heterocycles. The number of methoxy groups -OCH3 is 1. The van der Waals surface area contributed by atoms with Crippen LogP contribution in [0.3, 0.4) is 0 Å². The Kier molecular flexibility index (Phi) is 5.22. The monoisotopic (exact) mass is 504 g/mol. The smallest absolute Gasteiger partial charge is 0.203 e. The van der Waals surface area contributed by atoms with Crippen LogP contribution >= 0.6 is 0 Å². The van der Waals surface area contributed by atoms with E-state index in [4.69, 9.17) is 4.74 Å². The molecule has 4 N–H and O–H groups in total. The van der Waals surface area contributed by atoms with Crippen molar-refractivity contribution in [3.8, 4) is 22.6 Å². The first-order valence-corrected chi connectivity index (χ1v) is 12.0. The molecular weight excluding hydrogens is 476 g/mol. The van der Waals surface area contributed by atoms with Crippen LogP contribution in [0.1, 0.15) is 44.7 Å². The number of Topliss-reactive ketones (excluding diaryl/α,β-unsaturated/α-hetero) is 3. The van der Waals surface area contributed by atoms with Crippen LogP contribution in [0.4, 0.5) is 0 Å². The Bertz CT molecular complexity index is 1460. The molecule has 3 atom stereocenters. The van der Waals surface area contributed by atoms with E-state index in [0.717, 1.165) is 18.1 Å². The van der Waals surface area contributed by atoms with Crippen LogP contribution in [-0.4, -0.2) is 50.5 Å². The summed E-state index contributed by atoms with van der Waals surface area (Å²) < 4.78 is 5.24. The zero-order valence-electron chi connectivity index (χ0n) is 21.0. The number of benzene rings is 2. The number of fused-ring (bicyclic) bond motifs is 3. The maximum Gasteiger partial charge on any atom is 0.203 e.